The van der Waals surface area contributed by atoms with Crippen LogP contribution >= 0.6 is 7.82 Å². The summed E-state index contributed by atoms with van der Waals surface area (Å²) in [6, 6.07) is 5.78. The quantitative estimate of drug-likeness (QED) is 0.749. The molecule has 0 saturated carbocycles. The first-order valence-electron chi connectivity index (χ1n) is 7.30. The smallest absolute Gasteiger partial charge is 0.303 e. The van der Waals surface area contributed by atoms with Crippen molar-refractivity contribution in [2.24, 2.45) is 5.41 Å². The molecule has 0 heterocycles. The first kappa shape index (κ1) is 18.4. The lowest BCUT2D eigenvalue weighted by Gasteiger charge is -2.23. The van der Waals surface area contributed by atoms with Crippen LogP contribution in [0.5, 0.6) is 0 Å². The Morgan fingerprint density at radius 3 is 2.38 bits per heavy atom. The summed E-state index contributed by atoms with van der Waals surface area (Å²) in [5.74, 6) is 0. The van der Waals surface area contributed by atoms with Crippen molar-refractivity contribution >= 4 is 7.82 Å². The van der Waals surface area contributed by atoms with Crippen molar-refractivity contribution in [1.82, 2.24) is 0 Å². The lowest BCUT2D eigenvalue weighted by atomic mass is 9.88. The third-order valence-corrected chi connectivity index (χ3v) is 4.18. The van der Waals surface area contributed by atoms with Gasteiger partial charge in [0.05, 0.1) is 6.10 Å². The summed E-state index contributed by atoms with van der Waals surface area (Å²) >= 11 is 0. The topological polar surface area (TPSA) is 66.8 Å². The fourth-order valence-corrected chi connectivity index (χ4v) is 2.92. The van der Waals surface area contributed by atoms with E-state index in [1.54, 1.807) is 0 Å². The van der Waals surface area contributed by atoms with E-state index in [1.165, 1.54) is 0 Å². The maximum atomic E-state index is 11.2. The van der Waals surface area contributed by atoms with E-state index in [1.807, 2.05) is 32.0 Å². The molecule has 21 heavy (non-hydrogen) atoms. The zero-order chi connectivity index (χ0) is 16.3. The predicted octanol–water partition coefficient (Wildman–Crippen LogP) is 4.67. The molecule has 1 aromatic carbocycles. The van der Waals surface area contributed by atoms with Gasteiger partial charge in [-0.1, -0.05) is 39.0 Å². The zero-order valence-corrected chi connectivity index (χ0v) is 14.5. The minimum absolute atomic E-state index is 0.203. The van der Waals surface area contributed by atoms with Gasteiger partial charge in [-0.2, -0.15) is 0 Å². The van der Waals surface area contributed by atoms with Crippen molar-refractivity contribution in [2.75, 3.05) is 0 Å². The van der Waals surface area contributed by atoms with Gasteiger partial charge in [-0.05, 0) is 55.2 Å². The molecular weight excluding hydrogens is 287 g/mol. The first-order chi connectivity index (χ1) is 9.49. The van der Waals surface area contributed by atoms with Gasteiger partial charge in [-0.3, -0.25) is 4.52 Å². The van der Waals surface area contributed by atoms with Gasteiger partial charge in [-0.25, -0.2) is 4.57 Å². The molecule has 0 bridgehead atoms. The van der Waals surface area contributed by atoms with Crippen LogP contribution in [0.15, 0.2) is 18.2 Å². The Hall–Kier alpha value is -0.670. The molecule has 120 valence electrons. The van der Waals surface area contributed by atoms with E-state index in [9.17, 15) is 4.57 Å². The molecule has 1 rings (SSSR count). The van der Waals surface area contributed by atoms with Crippen LogP contribution in [-0.4, -0.2) is 9.79 Å². The standard InChI is InChI=1S/C16H27O4P/c1-12-8-6-9-14(13(12)2)15(20-21(17,18)19)10-7-11-16(3,4)5/h6,8-9,15H,7,10-11H2,1-5H3,(H2,17,18,19). The molecule has 0 aliphatic heterocycles. The molecule has 0 saturated heterocycles. The molecular formula is C16H27O4P. The number of hydrogen-bond acceptors (Lipinski definition) is 2. The molecule has 0 radical (unpaired) electrons. The van der Waals surface area contributed by atoms with Crippen molar-refractivity contribution in [2.45, 2.75) is 60.0 Å². The van der Waals surface area contributed by atoms with E-state index < -0.39 is 13.9 Å². The maximum absolute atomic E-state index is 11.2. The van der Waals surface area contributed by atoms with Crippen LogP contribution in [-0.2, 0) is 9.09 Å². The molecule has 5 heteroatoms. The summed E-state index contributed by atoms with van der Waals surface area (Å²) in [7, 11) is -4.50. The second-order valence-electron chi connectivity index (χ2n) is 6.83. The number of benzene rings is 1. The fourth-order valence-electron chi connectivity index (χ4n) is 2.37. The molecule has 0 fully saturated rings. The van der Waals surface area contributed by atoms with Crippen molar-refractivity contribution < 1.29 is 18.9 Å². The molecule has 0 aromatic heterocycles. The Bertz CT molecular complexity index is 513. The average Bonchev–Trinajstić information content (AvgIpc) is 2.28. The molecule has 0 aliphatic rings. The summed E-state index contributed by atoms with van der Waals surface area (Å²) < 4.78 is 16.3. The molecule has 0 spiro atoms. The Morgan fingerprint density at radius 2 is 1.86 bits per heavy atom. The number of phosphoric acid groups is 1. The van der Waals surface area contributed by atoms with Crippen LogP contribution < -0.4 is 0 Å². The second-order valence-corrected chi connectivity index (χ2v) is 8.02. The van der Waals surface area contributed by atoms with E-state index >= 15 is 0 Å². The molecule has 2 N–H and O–H groups in total. The minimum Gasteiger partial charge on any atom is -0.303 e. The third-order valence-electron chi connectivity index (χ3n) is 3.65. The van der Waals surface area contributed by atoms with E-state index in [2.05, 4.69) is 20.8 Å². The van der Waals surface area contributed by atoms with Gasteiger partial charge >= 0.3 is 7.82 Å². The highest BCUT2D eigenvalue weighted by Gasteiger charge is 2.25. The van der Waals surface area contributed by atoms with E-state index in [0.717, 1.165) is 29.5 Å². The number of hydrogen-bond donors (Lipinski definition) is 2. The van der Waals surface area contributed by atoms with E-state index in [-0.39, 0.29) is 5.41 Å². The molecule has 1 unspecified atom stereocenters. The first-order valence-corrected chi connectivity index (χ1v) is 8.83. The molecule has 4 nitrogen and oxygen atoms in total. The summed E-state index contributed by atoms with van der Waals surface area (Å²) in [5, 5.41) is 0. The predicted molar refractivity (Wildman–Crippen MR) is 85.1 cm³/mol. The molecule has 1 atom stereocenters. The lowest BCUT2D eigenvalue weighted by molar-refractivity contribution is 0.122. The fraction of sp³-hybridized carbons (Fsp3) is 0.625. The minimum atomic E-state index is -4.50. The Kier molecular flexibility index (Phi) is 6.18. The van der Waals surface area contributed by atoms with Crippen molar-refractivity contribution in [3.63, 3.8) is 0 Å². The van der Waals surface area contributed by atoms with Crippen LogP contribution in [0.4, 0.5) is 0 Å². The average molecular weight is 314 g/mol. The van der Waals surface area contributed by atoms with Gasteiger partial charge in [0.2, 0.25) is 0 Å². The van der Waals surface area contributed by atoms with Gasteiger partial charge < -0.3 is 9.79 Å². The highest BCUT2D eigenvalue weighted by molar-refractivity contribution is 7.46. The third kappa shape index (κ3) is 6.75. The Balaban J connectivity index is 2.92. The molecule has 1 aromatic rings. The van der Waals surface area contributed by atoms with Gasteiger partial charge in [0.25, 0.3) is 0 Å². The summed E-state index contributed by atoms with van der Waals surface area (Å²) in [5.41, 5.74) is 3.20. The highest BCUT2D eigenvalue weighted by Crippen LogP contribution is 2.45. The van der Waals surface area contributed by atoms with Crippen molar-refractivity contribution in [1.29, 1.82) is 0 Å². The monoisotopic (exact) mass is 314 g/mol. The summed E-state index contributed by atoms with van der Waals surface area (Å²) in [6.45, 7) is 10.4. The van der Waals surface area contributed by atoms with Gasteiger partial charge in [0.1, 0.15) is 0 Å². The van der Waals surface area contributed by atoms with Crippen LogP contribution in [0.1, 0.15) is 62.8 Å². The number of aryl methyl sites for hydroxylation is 1. The van der Waals surface area contributed by atoms with Crippen LogP contribution in [0.25, 0.3) is 0 Å². The van der Waals surface area contributed by atoms with Crippen LogP contribution in [0.2, 0.25) is 0 Å². The normalized spacial score (nSPS) is 14.2. The van der Waals surface area contributed by atoms with E-state index in [0.29, 0.717) is 6.42 Å². The van der Waals surface area contributed by atoms with Crippen molar-refractivity contribution in [3.05, 3.63) is 34.9 Å². The largest absolute Gasteiger partial charge is 0.470 e. The second kappa shape index (κ2) is 7.06. The Morgan fingerprint density at radius 1 is 1.24 bits per heavy atom. The molecule has 0 aliphatic carbocycles. The van der Waals surface area contributed by atoms with E-state index in [4.69, 9.17) is 14.3 Å². The van der Waals surface area contributed by atoms with Crippen molar-refractivity contribution in [3.8, 4) is 0 Å². The van der Waals surface area contributed by atoms with Gasteiger partial charge in [0, 0.05) is 0 Å². The zero-order valence-electron chi connectivity index (χ0n) is 13.6. The number of phosphoric ester groups is 1. The maximum Gasteiger partial charge on any atom is 0.470 e. The highest BCUT2D eigenvalue weighted by atomic mass is 31.2. The summed E-state index contributed by atoms with van der Waals surface area (Å²) in [4.78, 5) is 18.3. The van der Waals surface area contributed by atoms with Crippen LogP contribution in [0, 0.1) is 19.3 Å². The van der Waals surface area contributed by atoms with Gasteiger partial charge in [0.15, 0.2) is 0 Å². The SMILES string of the molecule is Cc1cccc(C(CCCC(C)(C)C)OP(=O)(O)O)c1C. The molecule has 0 amide bonds. The summed E-state index contributed by atoms with van der Waals surface area (Å²) in [6.07, 6.45) is 1.89. The van der Waals surface area contributed by atoms with Gasteiger partial charge in [-0.15, -0.1) is 0 Å². The number of rotatable bonds is 6. The van der Waals surface area contributed by atoms with Crippen LogP contribution in [0.3, 0.4) is 0 Å². The lowest BCUT2D eigenvalue weighted by Crippen LogP contribution is -2.09. The Labute approximate surface area is 127 Å².